The third-order valence-corrected chi connectivity index (χ3v) is 5.49. The first-order valence-corrected chi connectivity index (χ1v) is 7.70. The maximum absolute atomic E-state index is 12.2. The number of aliphatic hydroxyl groups is 1. The van der Waals surface area contributed by atoms with Gasteiger partial charge in [-0.2, -0.15) is 0 Å². The molecule has 1 saturated heterocycles. The van der Waals surface area contributed by atoms with Crippen LogP contribution in [0.4, 0.5) is 0 Å². The Morgan fingerprint density at radius 2 is 2.05 bits per heavy atom. The van der Waals surface area contributed by atoms with E-state index >= 15 is 0 Å². The van der Waals surface area contributed by atoms with Gasteiger partial charge in [-0.3, -0.25) is 4.79 Å². The fourth-order valence-corrected chi connectivity index (χ4v) is 4.30. The zero-order valence-corrected chi connectivity index (χ0v) is 11.6. The van der Waals surface area contributed by atoms with Gasteiger partial charge in [0.25, 0.3) is 0 Å². The van der Waals surface area contributed by atoms with Crippen molar-refractivity contribution >= 4 is 5.91 Å². The Hall–Kier alpha value is -0.610. The van der Waals surface area contributed by atoms with Gasteiger partial charge in [-0.15, -0.1) is 0 Å². The molecule has 4 nitrogen and oxygen atoms in total. The molecule has 108 valence electrons. The van der Waals surface area contributed by atoms with E-state index in [4.69, 9.17) is 4.74 Å². The van der Waals surface area contributed by atoms with Crippen LogP contribution in [-0.4, -0.2) is 36.4 Å². The summed E-state index contributed by atoms with van der Waals surface area (Å²) in [7, 11) is 0. The molecule has 1 aliphatic heterocycles. The lowest BCUT2D eigenvalue weighted by atomic mass is 9.85. The van der Waals surface area contributed by atoms with Crippen molar-refractivity contribution in [1.29, 1.82) is 0 Å². The normalized spacial score (nSPS) is 36.4. The highest BCUT2D eigenvalue weighted by molar-refractivity contribution is 5.77. The van der Waals surface area contributed by atoms with Gasteiger partial charge in [0, 0.05) is 19.6 Å². The second kappa shape index (κ2) is 5.41. The Bertz CT molecular complexity index is 338. The molecule has 2 N–H and O–H groups in total. The zero-order chi connectivity index (χ0) is 13.3. The number of nitrogens with one attached hydrogen (secondary N) is 1. The average molecular weight is 267 g/mol. The van der Waals surface area contributed by atoms with E-state index in [1.165, 1.54) is 25.7 Å². The van der Waals surface area contributed by atoms with E-state index in [0.717, 1.165) is 24.7 Å². The monoisotopic (exact) mass is 267 g/mol. The summed E-state index contributed by atoms with van der Waals surface area (Å²) < 4.78 is 5.32. The first kappa shape index (κ1) is 13.4. The molecule has 2 saturated carbocycles. The van der Waals surface area contributed by atoms with Crippen LogP contribution >= 0.6 is 0 Å². The first-order chi connectivity index (χ1) is 9.21. The van der Waals surface area contributed by atoms with Gasteiger partial charge in [0.05, 0.1) is 12.1 Å². The third-order valence-electron chi connectivity index (χ3n) is 5.49. The highest BCUT2D eigenvalue weighted by atomic mass is 16.5. The Morgan fingerprint density at radius 3 is 2.63 bits per heavy atom. The summed E-state index contributed by atoms with van der Waals surface area (Å²) >= 11 is 0. The second-order valence-corrected chi connectivity index (χ2v) is 6.74. The number of ether oxygens (including phenoxy) is 1. The van der Waals surface area contributed by atoms with E-state index in [9.17, 15) is 9.90 Å². The predicted molar refractivity (Wildman–Crippen MR) is 71.6 cm³/mol. The van der Waals surface area contributed by atoms with Crippen LogP contribution in [0.25, 0.3) is 0 Å². The average Bonchev–Trinajstić information content (AvgIpc) is 3.02. The topological polar surface area (TPSA) is 58.6 Å². The van der Waals surface area contributed by atoms with Gasteiger partial charge in [-0.25, -0.2) is 0 Å². The van der Waals surface area contributed by atoms with Crippen LogP contribution in [0.2, 0.25) is 0 Å². The van der Waals surface area contributed by atoms with Crippen LogP contribution < -0.4 is 5.32 Å². The smallest absolute Gasteiger partial charge is 0.220 e. The summed E-state index contributed by atoms with van der Waals surface area (Å²) in [4.78, 5) is 12.2. The molecule has 0 aromatic rings. The van der Waals surface area contributed by atoms with Gasteiger partial charge in [0.1, 0.15) is 0 Å². The highest BCUT2D eigenvalue weighted by Crippen LogP contribution is 2.49. The largest absolute Gasteiger partial charge is 0.394 e. The molecular weight excluding hydrogens is 242 g/mol. The highest BCUT2D eigenvalue weighted by Gasteiger charge is 2.41. The molecule has 3 atom stereocenters. The maximum atomic E-state index is 12.2. The van der Waals surface area contributed by atoms with Gasteiger partial charge >= 0.3 is 0 Å². The molecule has 2 aliphatic carbocycles. The first-order valence-electron chi connectivity index (χ1n) is 7.70. The summed E-state index contributed by atoms with van der Waals surface area (Å²) in [5.41, 5.74) is -0.424. The molecule has 0 radical (unpaired) electrons. The van der Waals surface area contributed by atoms with Gasteiger partial charge in [-0.05, 0) is 49.9 Å². The lowest BCUT2D eigenvalue weighted by Gasteiger charge is -2.37. The molecule has 2 bridgehead atoms. The molecule has 3 fully saturated rings. The number of carbonyl (C=O) groups excluding carboxylic acids is 1. The van der Waals surface area contributed by atoms with E-state index < -0.39 is 5.54 Å². The van der Waals surface area contributed by atoms with Crippen molar-refractivity contribution in [3.8, 4) is 0 Å². The second-order valence-electron chi connectivity index (χ2n) is 6.74. The van der Waals surface area contributed by atoms with Crippen molar-refractivity contribution in [2.24, 2.45) is 17.8 Å². The minimum Gasteiger partial charge on any atom is -0.394 e. The van der Waals surface area contributed by atoms with Crippen LogP contribution in [0.1, 0.15) is 44.9 Å². The number of aliphatic hydroxyl groups excluding tert-OH is 1. The molecule has 0 aromatic heterocycles. The van der Waals surface area contributed by atoms with Crippen molar-refractivity contribution in [3.05, 3.63) is 0 Å². The van der Waals surface area contributed by atoms with Crippen molar-refractivity contribution in [1.82, 2.24) is 5.32 Å². The quantitative estimate of drug-likeness (QED) is 0.811. The summed E-state index contributed by atoms with van der Waals surface area (Å²) in [6.07, 6.45) is 7.40. The summed E-state index contributed by atoms with van der Waals surface area (Å²) in [5.74, 6) is 2.40. The number of carbonyl (C=O) groups is 1. The minimum absolute atomic E-state index is 0.0266. The number of amides is 1. The zero-order valence-electron chi connectivity index (χ0n) is 11.6. The van der Waals surface area contributed by atoms with Crippen molar-refractivity contribution in [3.63, 3.8) is 0 Å². The molecule has 3 rings (SSSR count). The third kappa shape index (κ3) is 2.79. The van der Waals surface area contributed by atoms with Gasteiger partial charge < -0.3 is 15.2 Å². The Morgan fingerprint density at radius 1 is 1.26 bits per heavy atom. The molecule has 1 amide bonds. The molecule has 1 heterocycles. The number of hydrogen-bond acceptors (Lipinski definition) is 3. The Kier molecular flexibility index (Phi) is 3.81. The minimum atomic E-state index is -0.424. The van der Waals surface area contributed by atoms with E-state index in [1.54, 1.807) is 0 Å². The predicted octanol–water partition coefficient (Wildman–Crippen LogP) is 1.47. The molecular formula is C15H25NO3. The number of fused-ring (bicyclic) bond motifs is 2. The van der Waals surface area contributed by atoms with Gasteiger partial charge in [0.2, 0.25) is 5.91 Å². The van der Waals surface area contributed by atoms with Crippen LogP contribution in [0.5, 0.6) is 0 Å². The Labute approximate surface area is 114 Å². The molecule has 3 aliphatic rings. The molecule has 0 spiro atoms. The van der Waals surface area contributed by atoms with E-state index in [1.807, 2.05) is 0 Å². The molecule has 19 heavy (non-hydrogen) atoms. The van der Waals surface area contributed by atoms with E-state index in [0.29, 0.717) is 25.6 Å². The summed E-state index contributed by atoms with van der Waals surface area (Å²) in [6, 6.07) is 0. The number of rotatable bonds is 4. The fourth-order valence-electron chi connectivity index (χ4n) is 4.30. The van der Waals surface area contributed by atoms with E-state index in [-0.39, 0.29) is 12.5 Å². The Balaban J connectivity index is 1.52. The van der Waals surface area contributed by atoms with Crippen molar-refractivity contribution in [2.45, 2.75) is 50.5 Å². The number of hydrogen-bond donors (Lipinski definition) is 2. The lowest BCUT2D eigenvalue weighted by Crippen LogP contribution is -2.54. The molecule has 0 aromatic carbocycles. The SMILES string of the molecule is O=C(C[C@H]1C[C@H]2CC[C@H]1C2)NC1(CO)CCOCC1. The molecule has 4 heteroatoms. The standard InChI is InChI=1S/C15H25NO3/c17-10-15(3-5-19-6-4-15)16-14(18)9-13-8-11-1-2-12(13)7-11/h11-13,17H,1-10H2,(H,16,18)/t11-,12-,13+/m0/s1. The maximum Gasteiger partial charge on any atom is 0.220 e. The summed E-state index contributed by atoms with van der Waals surface area (Å²) in [6.45, 7) is 1.29. The summed E-state index contributed by atoms with van der Waals surface area (Å²) in [5, 5.41) is 12.7. The molecule has 0 unspecified atom stereocenters. The van der Waals surface area contributed by atoms with Crippen LogP contribution in [-0.2, 0) is 9.53 Å². The van der Waals surface area contributed by atoms with E-state index in [2.05, 4.69) is 5.32 Å². The fraction of sp³-hybridized carbons (Fsp3) is 0.933. The lowest BCUT2D eigenvalue weighted by molar-refractivity contribution is -0.126. The van der Waals surface area contributed by atoms with Crippen LogP contribution in [0.15, 0.2) is 0 Å². The van der Waals surface area contributed by atoms with Gasteiger partial charge in [0.15, 0.2) is 0 Å². The van der Waals surface area contributed by atoms with Crippen molar-refractivity contribution in [2.75, 3.05) is 19.8 Å². The van der Waals surface area contributed by atoms with Gasteiger partial charge in [-0.1, -0.05) is 6.42 Å². The van der Waals surface area contributed by atoms with Crippen molar-refractivity contribution < 1.29 is 14.6 Å². The van der Waals surface area contributed by atoms with Crippen LogP contribution in [0.3, 0.4) is 0 Å². The van der Waals surface area contributed by atoms with Crippen LogP contribution in [0, 0.1) is 17.8 Å².